The molecule has 0 unspecified atom stereocenters. The molecule has 3 heterocycles. The number of nitrogens with one attached hydrogen (secondary N) is 1. The summed E-state index contributed by atoms with van der Waals surface area (Å²) in [5.41, 5.74) is 1.39. The Morgan fingerprint density at radius 3 is 2.12 bits per heavy atom. The Labute approximate surface area is 150 Å². The van der Waals surface area contributed by atoms with Crippen LogP contribution in [-0.2, 0) is 18.5 Å². The number of thiophene rings is 2. The van der Waals surface area contributed by atoms with Crippen molar-refractivity contribution in [1.82, 2.24) is 15.1 Å². The number of rotatable bonds is 5. The lowest BCUT2D eigenvalue weighted by Crippen LogP contribution is -2.29. The summed E-state index contributed by atoms with van der Waals surface area (Å²) >= 11 is 3.33. The molecule has 126 valence electrons. The molecule has 0 atom stereocenters. The van der Waals surface area contributed by atoms with Gasteiger partial charge in [0, 0.05) is 20.9 Å². The lowest BCUT2D eigenvalue weighted by Gasteiger charge is -2.20. The third kappa shape index (κ3) is 3.94. The summed E-state index contributed by atoms with van der Waals surface area (Å²) in [7, 11) is 0. The van der Waals surface area contributed by atoms with Crippen LogP contribution in [0.15, 0.2) is 41.1 Å². The van der Waals surface area contributed by atoms with Crippen molar-refractivity contribution in [2.45, 2.75) is 39.3 Å². The van der Waals surface area contributed by atoms with Crippen LogP contribution < -0.4 is 0 Å². The first-order valence-corrected chi connectivity index (χ1v) is 9.59. The van der Waals surface area contributed by atoms with Gasteiger partial charge in [-0.05, 0) is 29.0 Å². The Bertz CT molecular complexity index is 746. The molecule has 0 spiro atoms. The van der Waals surface area contributed by atoms with Crippen LogP contribution in [0.1, 0.15) is 46.7 Å². The van der Waals surface area contributed by atoms with E-state index in [0.29, 0.717) is 18.8 Å². The predicted octanol–water partition coefficient (Wildman–Crippen LogP) is 4.67. The molecular weight excluding hydrogens is 338 g/mol. The zero-order valence-corrected chi connectivity index (χ0v) is 15.7. The number of carbonyl (C=O) groups excluding carboxylic acids is 1. The van der Waals surface area contributed by atoms with Gasteiger partial charge in [0.15, 0.2) is 0 Å². The smallest absolute Gasteiger partial charge is 0.275 e. The molecule has 0 saturated carbocycles. The Kier molecular flexibility index (Phi) is 4.87. The lowest BCUT2D eigenvalue weighted by molar-refractivity contribution is 0.0727. The van der Waals surface area contributed by atoms with Crippen molar-refractivity contribution in [1.29, 1.82) is 0 Å². The van der Waals surface area contributed by atoms with Gasteiger partial charge in [-0.1, -0.05) is 32.9 Å². The van der Waals surface area contributed by atoms with E-state index >= 15 is 0 Å². The van der Waals surface area contributed by atoms with Crippen molar-refractivity contribution in [2.75, 3.05) is 0 Å². The Morgan fingerprint density at radius 2 is 1.71 bits per heavy atom. The maximum absolute atomic E-state index is 13.0. The van der Waals surface area contributed by atoms with Gasteiger partial charge in [-0.25, -0.2) is 0 Å². The van der Waals surface area contributed by atoms with E-state index in [1.54, 1.807) is 22.7 Å². The van der Waals surface area contributed by atoms with Gasteiger partial charge in [-0.3, -0.25) is 9.89 Å². The Morgan fingerprint density at radius 1 is 1.12 bits per heavy atom. The molecule has 3 aromatic heterocycles. The molecule has 0 saturated heterocycles. The molecule has 3 aromatic rings. The van der Waals surface area contributed by atoms with Gasteiger partial charge in [0.25, 0.3) is 5.91 Å². The first kappa shape index (κ1) is 16.9. The highest BCUT2D eigenvalue weighted by atomic mass is 32.1. The number of aromatic amines is 1. The summed E-state index contributed by atoms with van der Waals surface area (Å²) in [6, 6.07) is 10.0. The summed E-state index contributed by atoms with van der Waals surface area (Å²) in [5, 5.41) is 11.3. The van der Waals surface area contributed by atoms with Crippen molar-refractivity contribution in [3.63, 3.8) is 0 Å². The van der Waals surface area contributed by atoms with Gasteiger partial charge in [0.05, 0.1) is 13.1 Å². The fourth-order valence-corrected chi connectivity index (χ4v) is 3.80. The van der Waals surface area contributed by atoms with E-state index in [1.165, 1.54) is 9.75 Å². The quantitative estimate of drug-likeness (QED) is 0.719. The molecule has 0 aliphatic rings. The van der Waals surface area contributed by atoms with Crippen molar-refractivity contribution in [3.8, 4) is 0 Å². The van der Waals surface area contributed by atoms with Crippen molar-refractivity contribution < 1.29 is 4.79 Å². The maximum atomic E-state index is 13.0. The van der Waals surface area contributed by atoms with Gasteiger partial charge in [-0.15, -0.1) is 22.7 Å². The molecule has 1 amide bonds. The molecule has 24 heavy (non-hydrogen) atoms. The topological polar surface area (TPSA) is 49.0 Å². The third-order valence-corrected chi connectivity index (χ3v) is 5.47. The van der Waals surface area contributed by atoms with Crippen molar-refractivity contribution in [2.24, 2.45) is 0 Å². The molecule has 0 aliphatic heterocycles. The Hall–Kier alpha value is -1.92. The second-order valence-electron chi connectivity index (χ2n) is 6.74. The average Bonchev–Trinajstić information content (AvgIpc) is 3.27. The fourth-order valence-electron chi connectivity index (χ4n) is 2.36. The SMILES string of the molecule is CC(C)(C)c1cc(C(=O)N(Cc2cccs2)Cc2cccs2)n[nH]1. The molecule has 0 aromatic carbocycles. The van der Waals surface area contributed by atoms with E-state index in [0.717, 1.165) is 5.69 Å². The number of aromatic nitrogens is 2. The van der Waals surface area contributed by atoms with Gasteiger partial charge in [0.2, 0.25) is 0 Å². The van der Waals surface area contributed by atoms with E-state index in [2.05, 4.69) is 43.1 Å². The van der Waals surface area contributed by atoms with Crippen LogP contribution in [0.3, 0.4) is 0 Å². The fraction of sp³-hybridized carbons (Fsp3) is 0.333. The molecule has 1 N–H and O–H groups in total. The number of H-pyrrole nitrogens is 1. The van der Waals surface area contributed by atoms with Crippen LogP contribution in [0, 0.1) is 0 Å². The van der Waals surface area contributed by atoms with Crippen LogP contribution in [0.25, 0.3) is 0 Å². The summed E-state index contributed by atoms with van der Waals surface area (Å²) in [6.45, 7) is 7.51. The zero-order valence-electron chi connectivity index (χ0n) is 14.1. The molecule has 0 bridgehead atoms. The second kappa shape index (κ2) is 6.91. The van der Waals surface area contributed by atoms with Crippen molar-refractivity contribution >= 4 is 28.6 Å². The molecule has 0 fully saturated rings. The second-order valence-corrected chi connectivity index (χ2v) is 8.80. The normalized spacial score (nSPS) is 11.6. The van der Waals surface area contributed by atoms with Crippen LogP contribution in [-0.4, -0.2) is 21.0 Å². The standard InChI is InChI=1S/C18H21N3OS2/c1-18(2,3)16-10-15(19-20-16)17(22)21(11-13-6-4-8-23-13)12-14-7-5-9-24-14/h4-10H,11-12H2,1-3H3,(H,19,20). The molecule has 0 aliphatic carbocycles. The van der Waals surface area contributed by atoms with E-state index in [1.807, 2.05) is 33.9 Å². The highest BCUT2D eigenvalue weighted by Gasteiger charge is 2.23. The maximum Gasteiger partial charge on any atom is 0.275 e. The third-order valence-electron chi connectivity index (χ3n) is 3.75. The molecule has 4 nitrogen and oxygen atoms in total. The predicted molar refractivity (Wildman–Crippen MR) is 99.5 cm³/mol. The van der Waals surface area contributed by atoms with Crippen LogP contribution in [0.5, 0.6) is 0 Å². The number of nitrogens with zero attached hydrogens (tertiary/aromatic N) is 2. The molecular formula is C18H21N3OS2. The first-order valence-electron chi connectivity index (χ1n) is 7.83. The minimum Gasteiger partial charge on any atom is -0.327 e. The zero-order chi connectivity index (χ0) is 17.2. The van der Waals surface area contributed by atoms with Crippen LogP contribution in [0.4, 0.5) is 0 Å². The average molecular weight is 360 g/mol. The number of hydrogen-bond donors (Lipinski definition) is 1. The Balaban J connectivity index is 1.83. The lowest BCUT2D eigenvalue weighted by atomic mass is 9.92. The highest BCUT2D eigenvalue weighted by molar-refractivity contribution is 7.10. The largest absolute Gasteiger partial charge is 0.327 e. The van der Waals surface area contributed by atoms with Gasteiger partial charge >= 0.3 is 0 Å². The van der Waals surface area contributed by atoms with E-state index in [4.69, 9.17) is 0 Å². The number of hydrogen-bond acceptors (Lipinski definition) is 4. The van der Waals surface area contributed by atoms with Crippen molar-refractivity contribution in [3.05, 3.63) is 62.2 Å². The molecule has 3 rings (SSSR count). The van der Waals surface area contributed by atoms with E-state index in [9.17, 15) is 4.79 Å². The summed E-state index contributed by atoms with van der Waals surface area (Å²) in [6.07, 6.45) is 0. The van der Waals surface area contributed by atoms with Crippen LogP contribution in [0.2, 0.25) is 0 Å². The summed E-state index contributed by atoms with van der Waals surface area (Å²) < 4.78 is 0. The monoisotopic (exact) mass is 359 g/mol. The minimum absolute atomic E-state index is 0.0384. The van der Waals surface area contributed by atoms with E-state index in [-0.39, 0.29) is 11.3 Å². The van der Waals surface area contributed by atoms with Gasteiger partial charge in [0.1, 0.15) is 5.69 Å². The summed E-state index contributed by atoms with van der Waals surface area (Å²) in [4.78, 5) is 17.2. The van der Waals surface area contributed by atoms with Gasteiger partial charge in [-0.2, -0.15) is 5.10 Å². The summed E-state index contributed by atoms with van der Waals surface area (Å²) in [5.74, 6) is -0.0384. The minimum atomic E-state index is -0.0577. The van der Waals surface area contributed by atoms with E-state index < -0.39 is 0 Å². The first-order chi connectivity index (χ1) is 11.4. The highest BCUT2D eigenvalue weighted by Crippen LogP contribution is 2.23. The molecule has 6 heteroatoms. The number of carbonyl (C=O) groups is 1. The molecule has 0 radical (unpaired) electrons. The number of amides is 1. The van der Waals surface area contributed by atoms with Crippen LogP contribution >= 0.6 is 22.7 Å². The van der Waals surface area contributed by atoms with Gasteiger partial charge < -0.3 is 4.90 Å².